The van der Waals surface area contributed by atoms with Crippen LogP contribution in [0.1, 0.15) is 73.1 Å². The number of hydrogen-bond donors (Lipinski definition) is 1. The Labute approximate surface area is 136 Å². The summed E-state index contributed by atoms with van der Waals surface area (Å²) < 4.78 is 0. The molecule has 1 N–H and O–H groups in total. The molecule has 0 amide bonds. The zero-order chi connectivity index (χ0) is 16.3. The van der Waals surface area contributed by atoms with Crippen molar-refractivity contribution in [2.24, 2.45) is 5.92 Å². The van der Waals surface area contributed by atoms with Gasteiger partial charge in [0.15, 0.2) is 5.05 Å². The normalized spacial score (nSPS) is 14.0. The van der Waals surface area contributed by atoms with Gasteiger partial charge in [0.25, 0.3) is 0 Å². The van der Waals surface area contributed by atoms with Gasteiger partial charge < -0.3 is 5.11 Å². The van der Waals surface area contributed by atoms with Gasteiger partial charge in [-0.3, -0.25) is 0 Å². The SMILES string of the molecule is CC(C)=CCCC(C)=CCCC(C)=CCC(C)CC(O)=S. The topological polar surface area (TPSA) is 20.2 Å². The lowest BCUT2D eigenvalue weighted by Gasteiger charge is -2.07. The second-order valence-corrected chi connectivity index (χ2v) is 6.87. The Morgan fingerprint density at radius 1 is 0.952 bits per heavy atom. The van der Waals surface area contributed by atoms with Gasteiger partial charge in [-0.25, -0.2) is 0 Å². The zero-order valence-electron chi connectivity index (χ0n) is 14.4. The highest BCUT2D eigenvalue weighted by Crippen LogP contribution is 2.15. The Hall–Kier alpha value is -0.890. The van der Waals surface area contributed by atoms with Crippen LogP contribution in [0.3, 0.4) is 0 Å². The van der Waals surface area contributed by atoms with E-state index >= 15 is 0 Å². The molecule has 0 spiro atoms. The Balaban J connectivity index is 3.98. The molecule has 0 aliphatic carbocycles. The average Bonchev–Trinajstić information content (AvgIpc) is 2.35. The molecule has 0 aromatic rings. The first-order chi connectivity index (χ1) is 9.81. The summed E-state index contributed by atoms with van der Waals surface area (Å²) in [5.41, 5.74) is 4.32. The summed E-state index contributed by atoms with van der Waals surface area (Å²) in [6.07, 6.45) is 13.1. The Kier molecular flexibility index (Phi) is 11.2. The minimum absolute atomic E-state index is 0.128. The molecule has 0 saturated heterocycles. The molecule has 0 rings (SSSR count). The number of rotatable bonds is 10. The fourth-order valence-corrected chi connectivity index (χ4v) is 2.41. The standard InChI is InChI=1S/C19H32OS/c1-15(2)8-6-9-16(3)10-7-11-17(4)12-13-18(5)14-19(20)21/h8,10,12,18H,6-7,9,11,13-14H2,1-5H3,(H,20,21). The van der Waals surface area contributed by atoms with Crippen molar-refractivity contribution >= 4 is 17.3 Å². The molecule has 0 aromatic heterocycles. The fraction of sp³-hybridized carbons (Fsp3) is 0.632. The van der Waals surface area contributed by atoms with Crippen molar-refractivity contribution in [1.29, 1.82) is 0 Å². The van der Waals surface area contributed by atoms with Crippen LogP contribution >= 0.6 is 12.2 Å². The summed E-state index contributed by atoms with van der Waals surface area (Å²) in [5.74, 6) is 0.429. The van der Waals surface area contributed by atoms with Gasteiger partial charge in [-0.2, -0.15) is 0 Å². The number of thiocarbonyl (C=S) groups is 1. The van der Waals surface area contributed by atoms with Gasteiger partial charge in [-0.1, -0.05) is 41.9 Å². The lowest BCUT2D eigenvalue weighted by atomic mass is 10.0. The quantitative estimate of drug-likeness (QED) is 0.357. The molecule has 1 atom stereocenters. The Bertz CT molecular complexity index is 398. The first-order valence-electron chi connectivity index (χ1n) is 7.97. The van der Waals surface area contributed by atoms with E-state index in [2.05, 4.69) is 52.8 Å². The van der Waals surface area contributed by atoms with Crippen LogP contribution in [0, 0.1) is 5.92 Å². The summed E-state index contributed by atoms with van der Waals surface area (Å²) in [5, 5.41) is 9.22. The van der Waals surface area contributed by atoms with Crippen LogP contribution in [0.4, 0.5) is 0 Å². The minimum atomic E-state index is 0.128. The lowest BCUT2D eigenvalue weighted by molar-refractivity contribution is 0.506. The van der Waals surface area contributed by atoms with E-state index in [0.29, 0.717) is 12.3 Å². The van der Waals surface area contributed by atoms with E-state index in [0.717, 1.165) is 25.7 Å². The third kappa shape index (κ3) is 13.8. The second-order valence-electron chi connectivity index (χ2n) is 6.40. The second kappa shape index (κ2) is 11.7. The van der Waals surface area contributed by atoms with Gasteiger partial charge in [0.2, 0.25) is 0 Å². The molecule has 0 fully saturated rings. The Morgan fingerprint density at radius 3 is 2.00 bits per heavy atom. The van der Waals surface area contributed by atoms with E-state index in [-0.39, 0.29) is 5.05 Å². The van der Waals surface area contributed by atoms with E-state index in [1.807, 2.05) is 0 Å². The monoisotopic (exact) mass is 308 g/mol. The molecule has 0 bridgehead atoms. The van der Waals surface area contributed by atoms with Gasteiger partial charge in [0, 0.05) is 6.42 Å². The van der Waals surface area contributed by atoms with Crippen molar-refractivity contribution in [3.8, 4) is 0 Å². The lowest BCUT2D eigenvalue weighted by Crippen LogP contribution is -2.01. The minimum Gasteiger partial charge on any atom is -0.502 e. The molecular formula is C19H32OS. The molecule has 1 unspecified atom stereocenters. The van der Waals surface area contributed by atoms with Gasteiger partial charge in [0.1, 0.15) is 0 Å². The van der Waals surface area contributed by atoms with Gasteiger partial charge in [-0.05, 0) is 77.9 Å². The third-order valence-electron chi connectivity index (χ3n) is 3.51. The summed E-state index contributed by atoms with van der Waals surface area (Å²) in [4.78, 5) is 0. The van der Waals surface area contributed by atoms with Gasteiger partial charge >= 0.3 is 0 Å². The molecular weight excluding hydrogens is 276 g/mol. The first kappa shape index (κ1) is 20.1. The zero-order valence-corrected chi connectivity index (χ0v) is 15.2. The van der Waals surface area contributed by atoms with E-state index in [4.69, 9.17) is 17.3 Å². The van der Waals surface area contributed by atoms with E-state index in [1.165, 1.54) is 23.1 Å². The van der Waals surface area contributed by atoms with Gasteiger partial charge in [0.05, 0.1) is 0 Å². The van der Waals surface area contributed by atoms with Crippen LogP contribution in [0.2, 0.25) is 0 Å². The first-order valence-corrected chi connectivity index (χ1v) is 8.38. The number of aliphatic hydroxyl groups excluding tert-OH is 1. The fourth-order valence-electron chi connectivity index (χ4n) is 2.12. The highest BCUT2D eigenvalue weighted by atomic mass is 32.1. The highest BCUT2D eigenvalue weighted by Gasteiger charge is 2.02. The number of aliphatic hydroxyl groups is 1. The molecule has 21 heavy (non-hydrogen) atoms. The predicted octanol–water partition coefficient (Wildman–Crippen LogP) is 6.71. The average molecular weight is 309 g/mol. The molecule has 0 aromatic carbocycles. The number of hydrogen-bond acceptors (Lipinski definition) is 1. The largest absolute Gasteiger partial charge is 0.502 e. The molecule has 0 radical (unpaired) electrons. The molecule has 0 aliphatic rings. The van der Waals surface area contributed by atoms with Crippen molar-refractivity contribution in [2.45, 2.75) is 73.1 Å². The van der Waals surface area contributed by atoms with Crippen molar-refractivity contribution in [3.05, 3.63) is 34.9 Å². The van der Waals surface area contributed by atoms with Crippen molar-refractivity contribution in [2.75, 3.05) is 0 Å². The van der Waals surface area contributed by atoms with Crippen LogP contribution < -0.4 is 0 Å². The van der Waals surface area contributed by atoms with Crippen LogP contribution in [0.25, 0.3) is 0 Å². The maximum absolute atomic E-state index is 9.09. The van der Waals surface area contributed by atoms with Crippen LogP contribution in [-0.4, -0.2) is 10.2 Å². The summed E-state index contributed by atoms with van der Waals surface area (Å²) in [7, 11) is 0. The highest BCUT2D eigenvalue weighted by molar-refractivity contribution is 7.80. The molecule has 0 aliphatic heterocycles. The van der Waals surface area contributed by atoms with E-state index in [1.54, 1.807) is 0 Å². The molecule has 1 nitrogen and oxygen atoms in total. The van der Waals surface area contributed by atoms with Crippen molar-refractivity contribution in [1.82, 2.24) is 0 Å². The number of allylic oxidation sites excluding steroid dienone is 6. The maximum Gasteiger partial charge on any atom is 0.156 e. The maximum atomic E-state index is 9.09. The van der Waals surface area contributed by atoms with Crippen LogP contribution in [0.15, 0.2) is 34.9 Å². The molecule has 2 heteroatoms. The van der Waals surface area contributed by atoms with Crippen molar-refractivity contribution in [3.63, 3.8) is 0 Å². The van der Waals surface area contributed by atoms with E-state index in [9.17, 15) is 0 Å². The van der Waals surface area contributed by atoms with Gasteiger partial charge in [-0.15, -0.1) is 0 Å². The summed E-state index contributed by atoms with van der Waals surface area (Å²) >= 11 is 4.72. The molecule has 0 saturated carbocycles. The summed E-state index contributed by atoms with van der Waals surface area (Å²) in [6, 6.07) is 0. The Morgan fingerprint density at radius 2 is 1.48 bits per heavy atom. The van der Waals surface area contributed by atoms with E-state index < -0.39 is 0 Å². The van der Waals surface area contributed by atoms with Crippen LogP contribution in [-0.2, 0) is 0 Å². The summed E-state index contributed by atoms with van der Waals surface area (Å²) in [6.45, 7) is 10.8. The predicted molar refractivity (Wildman–Crippen MR) is 99.0 cm³/mol. The third-order valence-corrected chi connectivity index (χ3v) is 3.68. The molecule has 0 heterocycles. The smallest absolute Gasteiger partial charge is 0.156 e. The molecule has 120 valence electrons. The van der Waals surface area contributed by atoms with Crippen LogP contribution in [0.5, 0.6) is 0 Å². The van der Waals surface area contributed by atoms with Crippen molar-refractivity contribution < 1.29 is 5.11 Å².